The van der Waals surface area contributed by atoms with Crippen LogP contribution in [-0.4, -0.2) is 40.7 Å². The fraction of sp³-hybridized carbons (Fsp3) is 0.769. The molecule has 0 aromatic heterocycles. The monoisotopic (exact) mass is 348 g/mol. The third-order valence-electron chi connectivity index (χ3n) is 3.24. The van der Waals surface area contributed by atoms with Gasteiger partial charge >= 0.3 is 6.09 Å². The Hall–Kier alpha value is -0.950. The van der Waals surface area contributed by atoms with Crippen LogP contribution in [0.15, 0.2) is 10.3 Å². The Morgan fingerprint density at radius 3 is 2.25 bits per heavy atom. The minimum absolute atomic E-state index is 0.185. The Labute approximate surface area is 129 Å². The summed E-state index contributed by atoms with van der Waals surface area (Å²) in [4.78, 5) is 13.7. The third kappa shape index (κ3) is 4.86. The van der Waals surface area contributed by atoms with E-state index in [-0.39, 0.29) is 12.1 Å². The van der Waals surface area contributed by atoms with Crippen molar-refractivity contribution in [2.24, 2.45) is 11.6 Å². The number of rotatable bonds is 2. The zero-order valence-electron chi connectivity index (χ0n) is 12.6. The molecule has 0 atom stereocenters. The van der Waals surface area contributed by atoms with Crippen molar-refractivity contribution in [2.45, 2.75) is 52.2 Å². The molecule has 1 rings (SSSR count). The number of piperidine rings is 1. The van der Waals surface area contributed by atoms with E-state index in [0.29, 0.717) is 17.7 Å². The highest BCUT2D eigenvalue weighted by Gasteiger charge is 2.29. The molecule has 0 aromatic rings. The molecule has 0 aliphatic carbocycles. The molecule has 0 unspecified atom stereocenters. The predicted octanol–water partition coefficient (Wildman–Crippen LogP) is 2.10. The molecule has 7 heteroatoms. The molecule has 1 aliphatic rings. The largest absolute Gasteiger partial charge is 0.444 e. The Morgan fingerprint density at radius 2 is 1.85 bits per heavy atom. The number of amides is 1. The maximum Gasteiger partial charge on any atom is 0.410 e. The Kier molecular flexibility index (Phi) is 5.70. The SMILES string of the molecule is C/C(=C(/N)Br)N(N)C1CCN(C(=O)OC(C)(C)C)CC1. The van der Waals surface area contributed by atoms with Gasteiger partial charge in [-0.25, -0.2) is 10.6 Å². The lowest BCUT2D eigenvalue weighted by molar-refractivity contribution is 0.0160. The van der Waals surface area contributed by atoms with Gasteiger partial charge in [0.05, 0.1) is 10.3 Å². The highest BCUT2D eigenvalue weighted by atomic mass is 79.9. The Bertz CT molecular complexity index is 380. The van der Waals surface area contributed by atoms with E-state index in [1.54, 1.807) is 9.91 Å². The number of hydrazine groups is 1. The predicted molar refractivity (Wildman–Crippen MR) is 82.7 cm³/mol. The van der Waals surface area contributed by atoms with E-state index in [9.17, 15) is 4.79 Å². The number of ether oxygens (including phenoxy) is 1. The van der Waals surface area contributed by atoms with Gasteiger partial charge in [-0.2, -0.15) is 0 Å². The van der Waals surface area contributed by atoms with Gasteiger partial charge < -0.3 is 20.4 Å². The highest BCUT2D eigenvalue weighted by molar-refractivity contribution is 9.11. The molecule has 0 aromatic carbocycles. The number of nitrogens with two attached hydrogens (primary N) is 2. The normalized spacial score (nSPS) is 18.6. The molecule has 116 valence electrons. The fourth-order valence-electron chi connectivity index (χ4n) is 2.05. The summed E-state index contributed by atoms with van der Waals surface area (Å²) in [6.07, 6.45) is 1.34. The first-order valence-electron chi connectivity index (χ1n) is 6.75. The van der Waals surface area contributed by atoms with Crippen LogP contribution in [0.1, 0.15) is 40.5 Å². The zero-order chi connectivity index (χ0) is 15.5. The van der Waals surface area contributed by atoms with Crippen LogP contribution < -0.4 is 11.6 Å². The molecule has 1 saturated heterocycles. The van der Waals surface area contributed by atoms with Crippen LogP contribution in [0.2, 0.25) is 0 Å². The molecule has 0 saturated carbocycles. The lowest BCUT2D eigenvalue weighted by Crippen LogP contribution is -2.49. The van der Waals surface area contributed by atoms with Crippen LogP contribution in [0.3, 0.4) is 0 Å². The second-order valence-electron chi connectivity index (χ2n) is 6.04. The second kappa shape index (κ2) is 6.67. The first-order chi connectivity index (χ1) is 9.11. The summed E-state index contributed by atoms with van der Waals surface area (Å²) in [6, 6.07) is 0.185. The average Bonchev–Trinajstić information content (AvgIpc) is 2.35. The van der Waals surface area contributed by atoms with E-state index in [1.165, 1.54) is 0 Å². The van der Waals surface area contributed by atoms with Crippen molar-refractivity contribution in [3.05, 3.63) is 10.3 Å². The van der Waals surface area contributed by atoms with Gasteiger partial charge in [-0.3, -0.25) is 0 Å². The zero-order valence-corrected chi connectivity index (χ0v) is 14.2. The smallest absolute Gasteiger partial charge is 0.410 e. The van der Waals surface area contributed by atoms with Gasteiger partial charge in [-0.05, 0) is 56.5 Å². The minimum Gasteiger partial charge on any atom is -0.444 e. The summed E-state index contributed by atoms with van der Waals surface area (Å²) in [5, 5.41) is 1.68. The van der Waals surface area contributed by atoms with E-state index in [0.717, 1.165) is 18.5 Å². The molecular formula is C13H25BrN4O2. The number of nitrogens with zero attached hydrogens (tertiary/aromatic N) is 2. The molecule has 1 fully saturated rings. The van der Waals surface area contributed by atoms with Crippen molar-refractivity contribution < 1.29 is 9.53 Å². The topological polar surface area (TPSA) is 84.8 Å². The van der Waals surface area contributed by atoms with E-state index >= 15 is 0 Å². The van der Waals surface area contributed by atoms with Gasteiger partial charge in [0.15, 0.2) is 0 Å². The van der Waals surface area contributed by atoms with Gasteiger partial charge in [-0.15, -0.1) is 0 Å². The van der Waals surface area contributed by atoms with Crippen molar-refractivity contribution in [1.82, 2.24) is 9.91 Å². The third-order valence-corrected chi connectivity index (χ3v) is 3.82. The van der Waals surface area contributed by atoms with Crippen molar-refractivity contribution in [3.8, 4) is 0 Å². The summed E-state index contributed by atoms with van der Waals surface area (Å²) < 4.78 is 5.90. The maximum absolute atomic E-state index is 12.0. The van der Waals surface area contributed by atoms with E-state index in [2.05, 4.69) is 15.9 Å². The van der Waals surface area contributed by atoms with Crippen molar-refractivity contribution in [3.63, 3.8) is 0 Å². The van der Waals surface area contributed by atoms with Gasteiger partial charge in [-0.1, -0.05) is 0 Å². The molecule has 4 N–H and O–H groups in total. The molecule has 1 aliphatic heterocycles. The van der Waals surface area contributed by atoms with Gasteiger partial charge in [0.2, 0.25) is 0 Å². The number of likely N-dealkylation sites (tertiary alicyclic amines) is 1. The molecule has 1 amide bonds. The van der Waals surface area contributed by atoms with Gasteiger partial charge in [0.1, 0.15) is 5.60 Å². The molecular weight excluding hydrogens is 324 g/mol. The Morgan fingerprint density at radius 1 is 1.35 bits per heavy atom. The lowest BCUT2D eigenvalue weighted by atomic mass is 10.0. The van der Waals surface area contributed by atoms with Crippen LogP contribution in [0, 0.1) is 0 Å². The van der Waals surface area contributed by atoms with Crippen molar-refractivity contribution in [2.75, 3.05) is 13.1 Å². The van der Waals surface area contributed by atoms with E-state index < -0.39 is 5.60 Å². The number of hydrogen-bond donors (Lipinski definition) is 2. The van der Waals surface area contributed by atoms with Crippen LogP contribution in [0.25, 0.3) is 0 Å². The lowest BCUT2D eigenvalue weighted by Gasteiger charge is -2.38. The number of carbonyl (C=O) groups is 1. The molecule has 0 radical (unpaired) electrons. The van der Waals surface area contributed by atoms with E-state index in [1.807, 2.05) is 27.7 Å². The maximum atomic E-state index is 12.0. The van der Waals surface area contributed by atoms with Crippen molar-refractivity contribution in [1.29, 1.82) is 0 Å². The number of halogens is 1. The summed E-state index contributed by atoms with van der Waals surface area (Å²) >= 11 is 3.23. The molecule has 6 nitrogen and oxygen atoms in total. The molecule has 0 spiro atoms. The van der Waals surface area contributed by atoms with Crippen molar-refractivity contribution >= 4 is 22.0 Å². The molecule has 20 heavy (non-hydrogen) atoms. The summed E-state index contributed by atoms with van der Waals surface area (Å²) in [6.45, 7) is 8.75. The van der Waals surface area contributed by atoms with Crippen LogP contribution in [0.4, 0.5) is 4.79 Å². The number of hydrogen-bond acceptors (Lipinski definition) is 5. The number of carbonyl (C=O) groups excluding carboxylic acids is 1. The average molecular weight is 349 g/mol. The van der Waals surface area contributed by atoms with Crippen LogP contribution in [0.5, 0.6) is 0 Å². The first-order valence-corrected chi connectivity index (χ1v) is 7.55. The van der Waals surface area contributed by atoms with Gasteiger partial charge in [0.25, 0.3) is 0 Å². The molecule has 1 heterocycles. The quantitative estimate of drug-likeness (QED) is 0.453. The molecule has 0 bridgehead atoms. The summed E-state index contributed by atoms with van der Waals surface area (Å²) in [5.41, 5.74) is 6.02. The summed E-state index contributed by atoms with van der Waals surface area (Å²) in [5.74, 6) is 6.05. The van der Waals surface area contributed by atoms with Crippen LogP contribution >= 0.6 is 15.9 Å². The standard InChI is InChI=1S/C13H25BrN4O2/c1-9(11(14)15)18(16)10-5-7-17(8-6-10)12(19)20-13(2,3)4/h10H,5-8,15-16H2,1-4H3/b11-9-. The first kappa shape index (κ1) is 17.1. The van der Waals surface area contributed by atoms with Crippen LogP contribution in [-0.2, 0) is 4.74 Å². The Balaban J connectivity index is 2.52. The fourth-order valence-corrected chi connectivity index (χ4v) is 2.26. The minimum atomic E-state index is -0.461. The second-order valence-corrected chi connectivity index (χ2v) is 6.89. The number of allylic oxidation sites excluding steroid dienone is 1. The van der Waals surface area contributed by atoms with E-state index in [4.69, 9.17) is 16.3 Å². The van der Waals surface area contributed by atoms with Gasteiger partial charge in [0, 0.05) is 19.1 Å². The summed E-state index contributed by atoms with van der Waals surface area (Å²) in [7, 11) is 0. The highest BCUT2D eigenvalue weighted by Crippen LogP contribution is 2.21.